The quantitative estimate of drug-likeness (QED) is 0.855. The zero-order valence-electron chi connectivity index (χ0n) is 15.7. The molecule has 0 bridgehead atoms. The lowest BCUT2D eigenvalue weighted by atomic mass is 10.2. The number of amides is 2. The SMILES string of the molecule is CCOC(=O)N1CCN(C(=O)c2ccc(NCc3ccc(F)cc3)cn2)CC1. The third-order valence-corrected chi connectivity index (χ3v) is 4.49. The number of pyridine rings is 1. The third-order valence-electron chi connectivity index (χ3n) is 4.49. The Morgan fingerprint density at radius 3 is 2.36 bits per heavy atom. The highest BCUT2D eigenvalue weighted by atomic mass is 19.1. The van der Waals surface area contributed by atoms with Crippen molar-refractivity contribution >= 4 is 17.7 Å². The highest BCUT2D eigenvalue weighted by Gasteiger charge is 2.25. The first-order valence-electron chi connectivity index (χ1n) is 9.22. The molecule has 1 aromatic carbocycles. The Bertz CT molecular complexity index is 803. The Morgan fingerprint density at radius 2 is 1.75 bits per heavy atom. The monoisotopic (exact) mass is 386 g/mol. The van der Waals surface area contributed by atoms with Gasteiger partial charge in [-0.05, 0) is 36.8 Å². The van der Waals surface area contributed by atoms with Gasteiger partial charge in [-0.25, -0.2) is 14.2 Å². The van der Waals surface area contributed by atoms with E-state index in [4.69, 9.17) is 4.74 Å². The minimum atomic E-state index is -0.343. The van der Waals surface area contributed by atoms with E-state index in [1.54, 1.807) is 47.2 Å². The number of hydrogen-bond donors (Lipinski definition) is 1. The Hall–Kier alpha value is -3.16. The molecule has 28 heavy (non-hydrogen) atoms. The molecule has 7 nitrogen and oxygen atoms in total. The molecule has 1 N–H and O–H groups in total. The fourth-order valence-corrected chi connectivity index (χ4v) is 2.90. The number of carbonyl (C=O) groups excluding carboxylic acids is 2. The van der Waals surface area contributed by atoms with Gasteiger partial charge >= 0.3 is 6.09 Å². The smallest absolute Gasteiger partial charge is 0.409 e. The lowest BCUT2D eigenvalue weighted by molar-refractivity contribution is 0.0566. The van der Waals surface area contributed by atoms with Crippen molar-refractivity contribution in [1.29, 1.82) is 0 Å². The molecule has 1 aliphatic rings. The Kier molecular flexibility index (Phi) is 6.41. The highest BCUT2D eigenvalue weighted by Crippen LogP contribution is 2.12. The first-order valence-corrected chi connectivity index (χ1v) is 9.22. The number of anilines is 1. The molecule has 8 heteroatoms. The van der Waals surface area contributed by atoms with Crippen LogP contribution in [-0.2, 0) is 11.3 Å². The van der Waals surface area contributed by atoms with Crippen molar-refractivity contribution in [3.05, 3.63) is 59.7 Å². The van der Waals surface area contributed by atoms with Crippen molar-refractivity contribution in [3.63, 3.8) is 0 Å². The van der Waals surface area contributed by atoms with E-state index in [9.17, 15) is 14.0 Å². The van der Waals surface area contributed by atoms with Crippen LogP contribution in [0.3, 0.4) is 0 Å². The maximum absolute atomic E-state index is 12.9. The summed E-state index contributed by atoms with van der Waals surface area (Å²) in [7, 11) is 0. The van der Waals surface area contributed by atoms with E-state index in [0.29, 0.717) is 45.0 Å². The summed E-state index contributed by atoms with van der Waals surface area (Å²) in [5, 5.41) is 3.19. The molecule has 2 amide bonds. The molecule has 0 aliphatic carbocycles. The molecule has 0 unspecified atom stereocenters. The molecule has 3 rings (SSSR count). The molecule has 2 aromatic rings. The Labute approximate surface area is 163 Å². The number of piperazine rings is 1. The average molecular weight is 386 g/mol. The van der Waals surface area contributed by atoms with Gasteiger partial charge in [-0.2, -0.15) is 0 Å². The minimum Gasteiger partial charge on any atom is -0.450 e. The molecule has 0 atom stereocenters. The van der Waals surface area contributed by atoms with Crippen LogP contribution in [0.4, 0.5) is 14.9 Å². The summed E-state index contributed by atoms with van der Waals surface area (Å²) in [6, 6.07) is 9.72. The van der Waals surface area contributed by atoms with Gasteiger partial charge in [0.1, 0.15) is 11.5 Å². The number of nitrogens with one attached hydrogen (secondary N) is 1. The number of carbonyl (C=O) groups is 2. The van der Waals surface area contributed by atoms with Crippen LogP contribution < -0.4 is 5.32 Å². The van der Waals surface area contributed by atoms with E-state index in [1.165, 1.54) is 12.1 Å². The van der Waals surface area contributed by atoms with Gasteiger partial charge in [-0.15, -0.1) is 0 Å². The van der Waals surface area contributed by atoms with Crippen LogP contribution >= 0.6 is 0 Å². The van der Waals surface area contributed by atoms with Crippen LogP contribution in [0, 0.1) is 5.82 Å². The van der Waals surface area contributed by atoms with Gasteiger partial charge in [-0.1, -0.05) is 12.1 Å². The predicted octanol–water partition coefficient (Wildman–Crippen LogP) is 2.75. The van der Waals surface area contributed by atoms with E-state index in [1.807, 2.05) is 0 Å². The molecule has 1 fully saturated rings. The van der Waals surface area contributed by atoms with Crippen LogP contribution in [0.25, 0.3) is 0 Å². The van der Waals surface area contributed by atoms with E-state index in [2.05, 4.69) is 10.3 Å². The number of aromatic nitrogens is 1. The lowest BCUT2D eigenvalue weighted by Crippen LogP contribution is -2.50. The predicted molar refractivity (Wildman–Crippen MR) is 102 cm³/mol. The fourth-order valence-electron chi connectivity index (χ4n) is 2.90. The van der Waals surface area contributed by atoms with Crippen molar-refractivity contribution in [1.82, 2.24) is 14.8 Å². The van der Waals surface area contributed by atoms with Crippen molar-refractivity contribution in [3.8, 4) is 0 Å². The summed E-state index contributed by atoms with van der Waals surface area (Å²) in [5.41, 5.74) is 2.07. The molecule has 0 radical (unpaired) electrons. The molecule has 1 aromatic heterocycles. The minimum absolute atomic E-state index is 0.159. The van der Waals surface area contributed by atoms with E-state index >= 15 is 0 Å². The van der Waals surface area contributed by atoms with Crippen LogP contribution in [0.15, 0.2) is 42.6 Å². The second-order valence-corrected chi connectivity index (χ2v) is 6.39. The van der Waals surface area contributed by atoms with Crippen molar-refractivity contribution < 1.29 is 18.7 Å². The second-order valence-electron chi connectivity index (χ2n) is 6.39. The van der Waals surface area contributed by atoms with Crippen molar-refractivity contribution in [2.45, 2.75) is 13.5 Å². The summed E-state index contributed by atoms with van der Waals surface area (Å²) in [6.07, 6.45) is 1.26. The summed E-state index contributed by atoms with van der Waals surface area (Å²) < 4.78 is 17.9. The van der Waals surface area contributed by atoms with Gasteiger partial charge in [0.05, 0.1) is 18.5 Å². The molecular formula is C20H23FN4O3. The van der Waals surface area contributed by atoms with Crippen LogP contribution in [-0.4, -0.2) is 59.6 Å². The zero-order valence-corrected chi connectivity index (χ0v) is 15.7. The topological polar surface area (TPSA) is 74.8 Å². The molecule has 0 spiro atoms. The maximum Gasteiger partial charge on any atom is 0.409 e. The van der Waals surface area contributed by atoms with Crippen LogP contribution in [0.1, 0.15) is 23.0 Å². The first-order chi connectivity index (χ1) is 13.6. The molecule has 148 valence electrons. The Morgan fingerprint density at radius 1 is 1.07 bits per heavy atom. The molecule has 2 heterocycles. The number of rotatable bonds is 5. The van der Waals surface area contributed by atoms with E-state index in [0.717, 1.165) is 11.3 Å². The van der Waals surface area contributed by atoms with Crippen molar-refractivity contribution in [2.75, 3.05) is 38.1 Å². The van der Waals surface area contributed by atoms with Gasteiger partial charge < -0.3 is 19.9 Å². The number of hydrogen-bond acceptors (Lipinski definition) is 5. The maximum atomic E-state index is 12.9. The standard InChI is InChI=1S/C20H23FN4O3/c1-2-28-20(27)25-11-9-24(10-12-25)19(26)18-8-7-17(14-23-18)22-13-15-3-5-16(21)6-4-15/h3-8,14,22H,2,9-13H2,1H3. The second kappa shape index (κ2) is 9.16. The van der Waals surface area contributed by atoms with Gasteiger partial charge in [0.15, 0.2) is 0 Å². The molecule has 1 aliphatic heterocycles. The third kappa shape index (κ3) is 4.97. The summed E-state index contributed by atoms with van der Waals surface area (Å²) in [5.74, 6) is -0.426. The van der Waals surface area contributed by atoms with Gasteiger partial charge in [0, 0.05) is 32.7 Å². The summed E-state index contributed by atoms with van der Waals surface area (Å²) in [6.45, 7) is 4.42. The highest BCUT2D eigenvalue weighted by molar-refractivity contribution is 5.92. The van der Waals surface area contributed by atoms with Crippen LogP contribution in [0.2, 0.25) is 0 Å². The van der Waals surface area contributed by atoms with Gasteiger partial charge in [0.2, 0.25) is 0 Å². The lowest BCUT2D eigenvalue weighted by Gasteiger charge is -2.33. The zero-order chi connectivity index (χ0) is 19.9. The summed E-state index contributed by atoms with van der Waals surface area (Å²) >= 11 is 0. The molecule has 1 saturated heterocycles. The summed E-state index contributed by atoms with van der Waals surface area (Å²) in [4.78, 5) is 31.9. The first kappa shape index (κ1) is 19.6. The number of ether oxygens (including phenoxy) is 1. The van der Waals surface area contributed by atoms with Gasteiger partial charge in [-0.3, -0.25) is 4.79 Å². The molecular weight excluding hydrogens is 363 g/mol. The Balaban J connectivity index is 1.51. The van der Waals surface area contributed by atoms with E-state index < -0.39 is 0 Å². The molecule has 0 saturated carbocycles. The number of halogens is 1. The number of nitrogens with zero attached hydrogens (tertiary/aromatic N) is 3. The largest absolute Gasteiger partial charge is 0.450 e. The average Bonchev–Trinajstić information content (AvgIpc) is 2.73. The van der Waals surface area contributed by atoms with Crippen LogP contribution in [0.5, 0.6) is 0 Å². The van der Waals surface area contributed by atoms with E-state index in [-0.39, 0.29) is 17.8 Å². The van der Waals surface area contributed by atoms with Crippen molar-refractivity contribution in [2.24, 2.45) is 0 Å². The normalized spacial score (nSPS) is 13.9. The fraction of sp³-hybridized carbons (Fsp3) is 0.350. The number of benzene rings is 1. The van der Waals surface area contributed by atoms with Gasteiger partial charge in [0.25, 0.3) is 5.91 Å².